The Morgan fingerprint density at radius 2 is 2.53 bits per heavy atom. The largest absolute Gasteiger partial charge is 0.375 e. The molecule has 0 aromatic carbocycles. The van der Waals surface area contributed by atoms with Gasteiger partial charge in [0.15, 0.2) is 0 Å². The maximum absolute atomic E-state index is 5.72. The van der Waals surface area contributed by atoms with Crippen molar-refractivity contribution in [3.8, 4) is 0 Å². The molecule has 2 aromatic heterocycles. The zero-order valence-corrected chi connectivity index (χ0v) is 11.8. The number of nitrogens with zero attached hydrogens (tertiary/aromatic N) is 3. The standard InChI is InChI=1S/C13H18N4OS/c1-10-13-8-18-7-12(6-17(13)16-15-10)5-14-4-11-2-3-19-9-11/h2-3,9,12,14H,4-8H2,1H3/t12-/m1/s1. The first-order valence-electron chi connectivity index (χ1n) is 6.51. The van der Waals surface area contributed by atoms with Gasteiger partial charge in [0.05, 0.1) is 24.6 Å². The smallest absolute Gasteiger partial charge is 0.0904 e. The molecule has 1 aliphatic rings. The van der Waals surface area contributed by atoms with Gasteiger partial charge in [0, 0.05) is 25.6 Å². The van der Waals surface area contributed by atoms with E-state index in [1.807, 2.05) is 11.6 Å². The number of hydrogen-bond acceptors (Lipinski definition) is 5. The molecule has 0 aliphatic carbocycles. The first-order chi connectivity index (χ1) is 9.33. The summed E-state index contributed by atoms with van der Waals surface area (Å²) in [5, 5.41) is 16.1. The van der Waals surface area contributed by atoms with E-state index < -0.39 is 0 Å². The summed E-state index contributed by atoms with van der Waals surface area (Å²) in [6.45, 7) is 6.13. The summed E-state index contributed by atoms with van der Waals surface area (Å²) in [6, 6.07) is 2.15. The molecule has 2 aromatic rings. The van der Waals surface area contributed by atoms with Crippen LogP contribution >= 0.6 is 11.3 Å². The number of nitrogens with one attached hydrogen (secondary N) is 1. The Labute approximate surface area is 116 Å². The summed E-state index contributed by atoms with van der Waals surface area (Å²) in [5.41, 5.74) is 3.43. The van der Waals surface area contributed by atoms with E-state index in [-0.39, 0.29) is 0 Å². The van der Waals surface area contributed by atoms with Gasteiger partial charge in [-0.1, -0.05) is 5.21 Å². The van der Waals surface area contributed by atoms with Crippen molar-refractivity contribution in [1.29, 1.82) is 0 Å². The van der Waals surface area contributed by atoms with Crippen LogP contribution in [0.25, 0.3) is 0 Å². The van der Waals surface area contributed by atoms with Crippen LogP contribution in [0, 0.1) is 12.8 Å². The lowest BCUT2D eigenvalue weighted by atomic mass is 10.1. The van der Waals surface area contributed by atoms with Crippen LogP contribution < -0.4 is 5.32 Å². The van der Waals surface area contributed by atoms with E-state index in [1.54, 1.807) is 11.3 Å². The van der Waals surface area contributed by atoms with Crippen LogP contribution in [0.4, 0.5) is 0 Å². The number of fused-ring (bicyclic) bond motifs is 1. The van der Waals surface area contributed by atoms with Crippen LogP contribution in [0.5, 0.6) is 0 Å². The van der Waals surface area contributed by atoms with Gasteiger partial charge in [-0.2, -0.15) is 11.3 Å². The molecule has 1 N–H and O–H groups in total. The van der Waals surface area contributed by atoms with E-state index in [0.717, 1.165) is 37.6 Å². The molecule has 1 aliphatic heterocycles. The van der Waals surface area contributed by atoms with Gasteiger partial charge in [0.2, 0.25) is 0 Å². The fourth-order valence-corrected chi connectivity index (χ4v) is 2.97. The van der Waals surface area contributed by atoms with Gasteiger partial charge in [0.25, 0.3) is 0 Å². The Kier molecular flexibility index (Phi) is 3.91. The summed E-state index contributed by atoms with van der Waals surface area (Å²) in [4.78, 5) is 0. The number of rotatable bonds is 4. The molecule has 0 bridgehead atoms. The number of thiophene rings is 1. The van der Waals surface area contributed by atoms with E-state index in [1.165, 1.54) is 5.56 Å². The third-order valence-electron chi connectivity index (χ3n) is 3.40. The normalized spacial score (nSPS) is 19.1. The van der Waals surface area contributed by atoms with Crippen LogP contribution in [0.3, 0.4) is 0 Å². The van der Waals surface area contributed by atoms with Crippen molar-refractivity contribution in [3.05, 3.63) is 33.8 Å². The van der Waals surface area contributed by atoms with Crippen molar-refractivity contribution >= 4 is 11.3 Å². The number of aromatic nitrogens is 3. The monoisotopic (exact) mass is 278 g/mol. The quantitative estimate of drug-likeness (QED) is 0.922. The minimum absolute atomic E-state index is 0.445. The predicted octanol–water partition coefficient (Wildman–Crippen LogP) is 1.58. The molecule has 19 heavy (non-hydrogen) atoms. The SMILES string of the molecule is Cc1nnn2c1COC[C@H](CNCc1ccsc1)C2. The lowest BCUT2D eigenvalue weighted by Crippen LogP contribution is -2.28. The number of ether oxygens (including phenoxy) is 1. The second-order valence-corrected chi connectivity index (χ2v) is 5.73. The summed E-state index contributed by atoms with van der Waals surface area (Å²) in [6.07, 6.45) is 0. The summed E-state index contributed by atoms with van der Waals surface area (Å²) >= 11 is 1.74. The topological polar surface area (TPSA) is 52.0 Å². The van der Waals surface area contributed by atoms with E-state index >= 15 is 0 Å². The van der Waals surface area contributed by atoms with Gasteiger partial charge in [0.1, 0.15) is 0 Å². The van der Waals surface area contributed by atoms with Crippen LogP contribution in [0.2, 0.25) is 0 Å². The lowest BCUT2D eigenvalue weighted by molar-refractivity contribution is 0.0936. The minimum atomic E-state index is 0.445. The third-order valence-corrected chi connectivity index (χ3v) is 4.13. The van der Waals surface area contributed by atoms with Gasteiger partial charge in [-0.05, 0) is 29.3 Å². The van der Waals surface area contributed by atoms with Gasteiger partial charge in [-0.15, -0.1) is 5.10 Å². The highest BCUT2D eigenvalue weighted by atomic mass is 32.1. The van der Waals surface area contributed by atoms with E-state index in [2.05, 4.69) is 32.5 Å². The number of hydrogen-bond donors (Lipinski definition) is 1. The molecular weight excluding hydrogens is 260 g/mol. The van der Waals surface area contributed by atoms with E-state index in [0.29, 0.717) is 12.5 Å². The fourth-order valence-electron chi connectivity index (χ4n) is 2.30. The van der Waals surface area contributed by atoms with Crippen molar-refractivity contribution in [2.45, 2.75) is 26.6 Å². The molecule has 1 atom stereocenters. The van der Waals surface area contributed by atoms with Crippen molar-refractivity contribution in [1.82, 2.24) is 20.3 Å². The van der Waals surface area contributed by atoms with Crippen LogP contribution in [0.1, 0.15) is 17.0 Å². The van der Waals surface area contributed by atoms with Gasteiger partial charge >= 0.3 is 0 Å². The highest BCUT2D eigenvalue weighted by molar-refractivity contribution is 7.07. The highest BCUT2D eigenvalue weighted by Crippen LogP contribution is 2.14. The van der Waals surface area contributed by atoms with E-state index in [9.17, 15) is 0 Å². The Balaban J connectivity index is 1.54. The second kappa shape index (κ2) is 5.81. The maximum Gasteiger partial charge on any atom is 0.0904 e. The fraction of sp³-hybridized carbons (Fsp3) is 0.538. The first kappa shape index (κ1) is 12.8. The van der Waals surface area contributed by atoms with Gasteiger partial charge in [-0.3, -0.25) is 0 Å². The molecule has 102 valence electrons. The Bertz CT molecular complexity index is 523. The van der Waals surface area contributed by atoms with Crippen molar-refractivity contribution in [2.24, 2.45) is 5.92 Å². The molecule has 3 heterocycles. The van der Waals surface area contributed by atoms with Crippen LogP contribution in [-0.2, 0) is 24.4 Å². The zero-order chi connectivity index (χ0) is 13.1. The third kappa shape index (κ3) is 3.02. The molecule has 0 spiro atoms. The van der Waals surface area contributed by atoms with Gasteiger partial charge < -0.3 is 10.1 Å². The Morgan fingerprint density at radius 3 is 3.37 bits per heavy atom. The molecular formula is C13H18N4OS. The summed E-state index contributed by atoms with van der Waals surface area (Å²) in [5.74, 6) is 0.445. The molecule has 0 unspecified atom stereocenters. The maximum atomic E-state index is 5.72. The van der Waals surface area contributed by atoms with Crippen LogP contribution in [0.15, 0.2) is 16.8 Å². The van der Waals surface area contributed by atoms with Crippen molar-refractivity contribution < 1.29 is 4.74 Å². The second-order valence-electron chi connectivity index (χ2n) is 4.95. The molecule has 0 fully saturated rings. The van der Waals surface area contributed by atoms with Gasteiger partial charge in [-0.25, -0.2) is 4.68 Å². The summed E-state index contributed by atoms with van der Waals surface area (Å²) in [7, 11) is 0. The minimum Gasteiger partial charge on any atom is -0.375 e. The zero-order valence-electron chi connectivity index (χ0n) is 11.0. The Hall–Kier alpha value is -1.24. The van der Waals surface area contributed by atoms with Crippen LogP contribution in [-0.4, -0.2) is 28.1 Å². The summed E-state index contributed by atoms with van der Waals surface area (Å²) < 4.78 is 7.71. The molecule has 0 radical (unpaired) electrons. The number of aryl methyl sites for hydroxylation is 1. The first-order valence-corrected chi connectivity index (χ1v) is 7.45. The molecule has 0 amide bonds. The highest BCUT2D eigenvalue weighted by Gasteiger charge is 2.19. The molecule has 6 heteroatoms. The van der Waals surface area contributed by atoms with E-state index in [4.69, 9.17) is 4.74 Å². The molecule has 0 saturated carbocycles. The molecule has 3 rings (SSSR count). The lowest BCUT2D eigenvalue weighted by Gasteiger charge is -2.14. The molecule has 0 saturated heterocycles. The molecule has 5 nitrogen and oxygen atoms in total. The average Bonchev–Trinajstić information content (AvgIpc) is 2.97. The van der Waals surface area contributed by atoms with Crippen molar-refractivity contribution in [2.75, 3.05) is 13.2 Å². The Morgan fingerprint density at radius 1 is 1.58 bits per heavy atom. The van der Waals surface area contributed by atoms with Crippen molar-refractivity contribution in [3.63, 3.8) is 0 Å². The predicted molar refractivity (Wildman–Crippen MR) is 73.9 cm³/mol. The average molecular weight is 278 g/mol.